The Hall–Kier alpha value is -1.78. The molecule has 20 heavy (non-hydrogen) atoms. The van der Waals surface area contributed by atoms with Crippen molar-refractivity contribution in [2.75, 3.05) is 11.1 Å². The highest BCUT2D eigenvalue weighted by Gasteiger charge is 2.08. The number of nitrogens with two attached hydrogens (primary N) is 1. The Morgan fingerprint density at radius 1 is 1.30 bits per heavy atom. The number of rotatable bonds is 4. The van der Waals surface area contributed by atoms with Gasteiger partial charge in [-0.05, 0) is 30.2 Å². The van der Waals surface area contributed by atoms with Gasteiger partial charge in [0.1, 0.15) is 0 Å². The summed E-state index contributed by atoms with van der Waals surface area (Å²) in [4.78, 5) is 15.8. The van der Waals surface area contributed by atoms with Crippen molar-refractivity contribution >= 4 is 40.5 Å². The molecule has 0 radical (unpaired) electrons. The highest BCUT2D eigenvalue weighted by atomic mass is 35.5. The third kappa shape index (κ3) is 3.85. The van der Waals surface area contributed by atoms with E-state index in [9.17, 15) is 4.79 Å². The quantitative estimate of drug-likeness (QED) is 0.849. The summed E-state index contributed by atoms with van der Waals surface area (Å²) in [6.45, 7) is 0. The maximum atomic E-state index is 11.8. The summed E-state index contributed by atoms with van der Waals surface area (Å²) in [6.07, 6.45) is 4.41. The monoisotopic (exact) mass is 309 g/mol. The van der Waals surface area contributed by atoms with Crippen molar-refractivity contribution in [2.24, 2.45) is 0 Å². The molecule has 1 amide bonds. The zero-order valence-corrected chi connectivity index (χ0v) is 12.1. The lowest BCUT2D eigenvalue weighted by molar-refractivity contribution is -0.116. The van der Waals surface area contributed by atoms with Gasteiger partial charge in [-0.25, -0.2) is 0 Å². The van der Waals surface area contributed by atoms with Crippen LogP contribution in [0.2, 0.25) is 10.0 Å². The number of pyridine rings is 1. The molecule has 0 aliphatic rings. The largest absolute Gasteiger partial charge is 0.396 e. The highest BCUT2D eigenvalue weighted by molar-refractivity contribution is 6.39. The lowest BCUT2D eigenvalue weighted by Crippen LogP contribution is -2.12. The van der Waals surface area contributed by atoms with E-state index in [1.54, 1.807) is 24.5 Å². The lowest BCUT2D eigenvalue weighted by Gasteiger charge is -2.08. The Balaban J connectivity index is 1.95. The molecule has 2 rings (SSSR count). The molecule has 4 nitrogen and oxygen atoms in total. The smallest absolute Gasteiger partial charge is 0.224 e. The van der Waals surface area contributed by atoms with E-state index in [0.29, 0.717) is 34.3 Å². The van der Waals surface area contributed by atoms with Gasteiger partial charge in [0.2, 0.25) is 5.91 Å². The number of benzene rings is 1. The van der Waals surface area contributed by atoms with Gasteiger partial charge in [0.15, 0.2) is 0 Å². The summed E-state index contributed by atoms with van der Waals surface area (Å²) < 4.78 is 0. The van der Waals surface area contributed by atoms with Crippen molar-refractivity contribution in [3.63, 3.8) is 0 Å². The third-order valence-electron chi connectivity index (χ3n) is 2.73. The second-order valence-corrected chi connectivity index (χ2v) is 5.08. The highest BCUT2D eigenvalue weighted by Crippen LogP contribution is 2.31. The predicted octanol–water partition coefficient (Wildman–Crippen LogP) is 3.54. The second-order valence-electron chi connectivity index (χ2n) is 4.26. The van der Waals surface area contributed by atoms with Crippen LogP contribution in [0.4, 0.5) is 11.4 Å². The van der Waals surface area contributed by atoms with E-state index in [4.69, 9.17) is 28.9 Å². The molecular weight excluding hydrogens is 297 g/mol. The molecule has 0 saturated heterocycles. The number of hydrogen-bond donors (Lipinski definition) is 2. The van der Waals surface area contributed by atoms with Gasteiger partial charge in [0, 0.05) is 24.5 Å². The third-order valence-corrected chi connectivity index (χ3v) is 3.35. The number of halogens is 2. The zero-order chi connectivity index (χ0) is 14.5. The molecule has 3 N–H and O–H groups in total. The topological polar surface area (TPSA) is 68.0 Å². The number of aryl methyl sites for hydroxylation is 1. The molecule has 0 unspecified atom stereocenters. The Morgan fingerprint density at radius 3 is 2.60 bits per heavy atom. The minimum Gasteiger partial charge on any atom is -0.396 e. The molecule has 0 bridgehead atoms. The summed E-state index contributed by atoms with van der Waals surface area (Å²) in [6, 6.07) is 6.92. The molecule has 0 fully saturated rings. The maximum Gasteiger partial charge on any atom is 0.224 e. The van der Waals surface area contributed by atoms with Crippen LogP contribution in [0.15, 0.2) is 36.7 Å². The number of carbonyl (C=O) groups is 1. The van der Waals surface area contributed by atoms with E-state index in [1.165, 1.54) is 0 Å². The summed E-state index contributed by atoms with van der Waals surface area (Å²) >= 11 is 11.8. The lowest BCUT2D eigenvalue weighted by atomic mass is 10.1. The van der Waals surface area contributed by atoms with Crippen molar-refractivity contribution in [3.05, 3.63) is 52.3 Å². The normalized spacial score (nSPS) is 10.3. The number of aromatic nitrogens is 1. The van der Waals surface area contributed by atoms with E-state index < -0.39 is 0 Å². The van der Waals surface area contributed by atoms with Gasteiger partial charge in [-0.2, -0.15) is 0 Å². The minimum atomic E-state index is -0.120. The number of nitrogen functional groups attached to an aromatic ring is 1. The second kappa shape index (κ2) is 6.59. The molecule has 1 aromatic heterocycles. The maximum absolute atomic E-state index is 11.8. The molecule has 0 saturated carbocycles. The summed E-state index contributed by atoms with van der Waals surface area (Å²) in [7, 11) is 0. The first-order valence-corrected chi connectivity index (χ1v) is 6.75. The van der Waals surface area contributed by atoms with Crippen LogP contribution >= 0.6 is 23.2 Å². The Morgan fingerprint density at radius 2 is 2.00 bits per heavy atom. The van der Waals surface area contributed by atoms with Crippen LogP contribution in [0.25, 0.3) is 0 Å². The molecule has 1 aromatic carbocycles. The van der Waals surface area contributed by atoms with Gasteiger partial charge < -0.3 is 11.1 Å². The first-order valence-electron chi connectivity index (χ1n) is 5.99. The molecule has 0 aliphatic heterocycles. The van der Waals surface area contributed by atoms with Gasteiger partial charge >= 0.3 is 0 Å². The minimum absolute atomic E-state index is 0.120. The van der Waals surface area contributed by atoms with Gasteiger partial charge in [-0.15, -0.1) is 0 Å². The fourth-order valence-corrected chi connectivity index (χ4v) is 2.17. The molecule has 0 atom stereocenters. The Kier molecular flexibility index (Phi) is 4.82. The average molecular weight is 310 g/mol. The first kappa shape index (κ1) is 14.6. The van der Waals surface area contributed by atoms with Crippen molar-refractivity contribution in [1.82, 2.24) is 4.98 Å². The van der Waals surface area contributed by atoms with E-state index in [0.717, 1.165) is 5.56 Å². The van der Waals surface area contributed by atoms with Crippen LogP contribution in [0.1, 0.15) is 12.0 Å². The Bertz CT molecular complexity index is 594. The van der Waals surface area contributed by atoms with Gasteiger partial charge in [-0.1, -0.05) is 29.3 Å². The SMILES string of the molecule is Nc1c(Cl)cc(NC(=O)CCc2cccnc2)cc1Cl. The van der Waals surface area contributed by atoms with Crippen LogP contribution < -0.4 is 11.1 Å². The van der Waals surface area contributed by atoms with Gasteiger partial charge in [0.25, 0.3) is 0 Å². The summed E-state index contributed by atoms with van der Waals surface area (Å²) in [5.74, 6) is -0.120. The standard InChI is InChI=1S/C14H13Cl2N3O/c15-11-6-10(7-12(16)14(11)17)19-13(20)4-3-9-2-1-5-18-8-9/h1-2,5-8H,3-4,17H2,(H,19,20). The number of carbonyl (C=O) groups excluding carboxylic acids is 1. The fraction of sp³-hybridized carbons (Fsp3) is 0.143. The Labute approximate surface area is 126 Å². The number of amides is 1. The number of nitrogens with zero attached hydrogens (tertiary/aromatic N) is 1. The number of anilines is 2. The molecule has 0 spiro atoms. The summed E-state index contributed by atoms with van der Waals surface area (Å²) in [5.41, 5.74) is 7.48. The fourth-order valence-electron chi connectivity index (χ4n) is 1.68. The van der Waals surface area contributed by atoms with Crippen molar-refractivity contribution < 1.29 is 4.79 Å². The van der Waals surface area contributed by atoms with E-state index >= 15 is 0 Å². The average Bonchev–Trinajstić information content (AvgIpc) is 2.43. The van der Waals surface area contributed by atoms with E-state index in [-0.39, 0.29) is 5.91 Å². The summed E-state index contributed by atoms with van der Waals surface area (Å²) in [5, 5.41) is 3.38. The van der Waals surface area contributed by atoms with Gasteiger partial charge in [-0.3, -0.25) is 9.78 Å². The first-order chi connectivity index (χ1) is 9.56. The number of nitrogens with one attached hydrogen (secondary N) is 1. The van der Waals surface area contributed by atoms with Crippen LogP contribution in [0.5, 0.6) is 0 Å². The van der Waals surface area contributed by atoms with Crippen LogP contribution in [0.3, 0.4) is 0 Å². The van der Waals surface area contributed by atoms with E-state index in [2.05, 4.69) is 10.3 Å². The molecule has 1 heterocycles. The van der Waals surface area contributed by atoms with Crippen LogP contribution in [-0.4, -0.2) is 10.9 Å². The zero-order valence-electron chi connectivity index (χ0n) is 10.6. The predicted molar refractivity (Wildman–Crippen MR) is 82.1 cm³/mol. The van der Waals surface area contributed by atoms with Crippen molar-refractivity contribution in [1.29, 1.82) is 0 Å². The van der Waals surface area contributed by atoms with Crippen molar-refractivity contribution in [2.45, 2.75) is 12.8 Å². The van der Waals surface area contributed by atoms with Gasteiger partial charge in [0.05, 0.1) is 15.7 Å². The molecule has 2 aromatic rings. The molecule has 6 heteroatoms. The molecule has 104 valence electrons. The van der Waals surface area contributed by atoms with Crippen LogP contribution in [0, 0.1) is 0 Å². The molecular formula is C14H13Cl2N3O. The van der Waals surface area contributed by atoms with Crippen molar-refractivity contribution in [3.8, 4) is 0 Å². The molecule has 0 aliphatic carbocycles. The number of hydrogen-bond acceptors (Lipinski definition) is 3. The van der Waals surface area contributed by atoms with E-state index in [1.807, 2.05) is 12.1 Å². The van der Waals surface area contributed by atoms with Crippen LogP contribution in [-0.2, 0) is 11.2 Å².